The third kappa shape index (κ3) is 3.56. The molecular weight excluding hydrogens is 480 g/mol. The first-order valence-electron chi connectivity index (χ1n) is 13.7. The summed E-state index contributed by atoms with van der Waals surface area (Å²) in [7, 11) is 0. The summed E-state index contributed by atoms with van der Waals surface area (Å²) >= 11 is 0. The van der Waals surface area contributed by atoms with Gasteiger partial charge in [-0.2, -0.15) is 5.26 Å². The molecule has 5 fully saturated rings. The van der Waals surface area contributed by atoms with E-state index in [0.29, 0.717) is 42.5 Å². The molecule has 0 unspecified atom stereocenters. The second kappa shape index (κ2) is 8.67. The molecular formula is C30H30N4O4. The molecule has 1 N–H and O–H groups in total. The quantitative estimate of drug-likeness (QED) is 0.620. The summed E-state index contributed by atoms with van der Waals surface area (Å²) in [6.45, 7) is 2.36. The van der Waals surface area contributed by atoms with Gasteiger partial charge in [0.05, 0.1) is 11.6 Å². The van der Waals surface area contributed by atoms with Crippen molar-refractivity contribution in [2.24, 2.45) is 5.92 Å². The van der Waals surface area contributed by atoms with E-state index < -0.39 is 5.54 Å². The highest BCUT2D eigenvalue weighted by Gasteiger charge is 2.63. The van der Waals surface area contributed by atoms with E-state index in [4.69, 9.17) is 10.00 Å². The Morgan fingerprint density at radius 2 is 1.74 bits per heavy atom. The Bertz CT molecular complexity index is 1370. The van der Waals surface area contributed by atoms with Crippen molar-refractivity contribution in [3.8, 4) is 11.8 Å². The predicted molar refractivity (Wildman–Crippen MR) is 137 cm³/mol. The first-order chi connectivity index (χ1) is 18.4. The van der Waals surface area contributed by atoms with Gasteiger partial charge in [-0.15, -0.1) is 0 Å². The number of nitrogens with one attached hydrogen (secondary N) is 1. The molecule has 2 saturated carbocycles. The molecule has 4 heterocycles. The molecule has 2 atom stereocenters. The number of hydrogen-bond donors (Lipinski definition) is 1. The lowest BCUT2D eigenvalue weighted by atomic mass is 9.63. The number of hydrogen-bond acceptors (Lipinski definition) is 6. The van der Waals surface area contributed by atoms with Gasteiger partial charge in [-0.1, -0.05) is 18.6 Å². The molecule has 8 rings (SSSR count). The standard InChI is InChI=1S/C30H30N4O4/c31-14-18-5-7-19(8-6-18)22-15-33(16-22)25-3-1-2-4-26(25)38-23-9-10-24-20(11-23)17-34(28(24)36)30-12-21(13-30)27(35)32-29(30)37/h5-11,21-22,25-26H,1-4,12-13,15-17H2,(H,32,35,37)/t21?,25-,26+,30?/m1/s1. The first kappa shape index (κ1) is 23.4. The number of fused-ring (bicyclic) bond motifs is 3. The average Bonchev–Trinajstić information content (AvgIpc) is 3.19. The smallest absolute Gasteiger partial charge is 0.255 e. The lowest BCUT2D eigenvalue weighted by Crippen LogP contribution is -2.73. The lowest BCUT2D eigenvalue weighted by molar-refractivity contribution is -0.160. The summed E-state index contributed by atoms with van der Waals surface area (Å²) in [6.07, 6.45) is 5.39. The average molecular weight is 511 g/mol. The zero-order chi connectivity index (χ0) is 26.0. The summed E-state index contributed by atoms with van der Waals surface area (Å²) < 4.78 is 6.58. The van der Waals surface area contributed by atoms with Crippen molar-refractivity contribution in [1.29, 1.82) is 5.26 Å². The van der Waals surface area contributed by atoms with Gasteiger partial charge in [0.2, 0.25) is 5.91 Å². The minimum Gasteiger partial charge on any atom is -0.489 e. The van der Waals surface area contributed by atoms with E-state index in [1.54, 1.807) is 4.90 Å². The maximum absolute atomic E-state index is 13.2. The van der Waals surface area contributed by atoms with Crippen LogP contribution >= 0.6 is 0 Å². The van der Waals surface area contributed by atoms with Crippen LogP contribution in [0.1, 0.15) is 71.5 Å². The van der Waals surface area contributed by atoms with Crippen LogP contribution in [0.25, 0.3) is 0 Å². The third-order valence-electron chi connectivity index (χ3n) is 9.44. The molecule has 6 aliphatic rings. The second-order valence-corrected chi connectivity index (χ2v) is 11.6. The molecule has 2 aromatic carbocycles. The van der Waals surface area contributed by atoms with E-state index in [2.05, 4.69) is 28.4 Å². The molecule has 38 heavy (non-hydrogen) atoms. The maximum Gasteiger partial charge on any atom is 0.255 e. The number of ether oxygens (including phenoxy) is 1. The number of nitrogens with zero attached hydrogens (tertiary/aromatic N) is 3. The van der Waals surface area contributed by atoms with Crippen LogP contribution in [0.4, 0.5) is 0 Å². The molecule has 2 bridgehead atoms. The van der Waals surface area contributed by atoms with E-state index >= 15 is 0 Å². The molecule has 4 aliphatic heterocycles. The SMILES string of the molecule is N#Cc1ccc(C2CN([C@@H]3CCCC[C@@H]3Oc3ccc4c(c3)CN(C35CC(C3)C(=O)NC5=O)C4=O)C2)cc1. The number of rotatable bonds is 5. The second-order valence-electron chi connectivity index (χ2n) is 11.6. The van der Waals surface area contributed by atoms with Gasteiger partial charge in [-0.3, -0.25) is 24.6 Å². The first-order valence-corrected chi connectivity index (χ1v) is 13.7. The number of piperidine rings is 2. The van der Waals surface area contributed by atoms with Gasteiger partial charge in [0.15, 0.2) is 0 Å². The fraction of sp³-hybridized carbons (Fsp3) is 0.467. The van der Waals surface area contributed by atoms with Crippen LogP contribution in [-0.2, 0) is 16.1 Å². The molecule has 0 spiro atoms. The van der Waals surface area contributed by atoms with E-state index in [-0.39, 0.29) is 29.7 Å². The summed E-state index contributed by atoms with van der Waals surface area (Å²) in [6, 6.07) is 16.2. The molecule has 3 amide bonds. The molecule has 8 heteroatoms. The van der Waals surface area contributed by atoms with Gasteiger partial charge in [0, 0.05) is 43.1 Å². The van der Waals surface area contributed by atoms with Crippen molar-refractivity contribution in [3.63, 3.8) is 0 Å². The molecule has 8 nitrogen and oxygen atoms in total. The summed E-state index contributed by atoms with van der Waals surface area (Å²) in [4.78, 5) is 42.0. The zero-order valence-corrected chi connectivity index (χ0v) is 21.2. The van der Waals surface area contributed by atoms with Crippen LogP contribution < -0.4 is 10.1 Å². The number of carbonyl (C=O) groups is 3. The van der Waals surface area contributed by atoms with Gasteiger partial charge in [0.25, 0.3) is 11.8 Å². The number of nitriles is 1. The highest BCUT2D eigenvalue weighted by Crippen LogP contribution is 2.49. The van der Waals surface area contributed by atoms with Crippen molar-refractivity contribution >= 4 is 17.7 Å². The largest absolute Gasteiger partial charge is 0.489 e. The summed E-state index contributed by atoms with van der Waals surface area (Å²) in [5.74, 6) is 0.376. The zero-order valence-electron chi connectivity index (χ0n) is 21.2. The van der Waals surface area contributed by atoms with E-state index in [1.165, 1.54) is 12.0 Å². The molecule has 2 aliphatic carbocycles. The lowest BCUT2D eigenvalue weighted by Gasteiger charge is -2.53. The minimum atomic E-state index is -0.896. The van der Waals surface area contributed by atoms with Crippen LogP contribution in [0, 0.1) is 17.2 Å². The Kier molecular flexibility index (Phi) is 5.34. The van der Waals surface area contributed by atoms with E-state index in [1.807, 2.05) is 30.3 Å². The Hall–Kier alpha value is -3.70. The summed E-state index contributed by atoms with van der Waals surface area (Å²) in [5, 5.41) is 11.5. The van der Waals surface area contributed by atoms with Gasteiger partial charge in [-0.25, -0.2) is 0 Å². The number of likely N-dealkylation sites (tertiary alicyclic amines) is 1. The molecule has 0 radical (unpaired) electrons. The molecule has 194 valence electrons. The van der Waals surface area contributed by atoms with Crippen molar-refractivity contribution in [3.05, 3.63) is 64.7 Å². The topological polar surface area (TPSA) is 103 Å². The van der Waals surface area contributed by atoms with Gasteiger partial charge < -0.3 is 9.64 Å². The van der Waals surface area contributed by atoms with E-state index in [0.717, 1.165) is 43.7 Å². The predicted octanol–water partition coefficient (Wildman–Crippen LogP) is 3.11. The van der Waals surface area contributed by atoms with E-state index in [9.17, 15) is 14.4 Å². The minimum absolute atomic E-state index is 0.0954. The van der Waals surface area contributed by atoms with Gasteiger partial charge >= 0.3 is 0 Å². The highest BCUT2D eigenvalue weighted by molar-refractivity contribution is 6.10. The van der Waals surface area contributed by atoms with Gasteiger partial charge in [-0.05, 0) is 73.6 Å². The number of imide groups is 1. The molecule has 3 saturated heterocycles. The normalized spacial score (nSPS) is 30.7. The number of benzene rings is 2. The van der Waals surface area contributed by atoms with Crippen LogP contribution in [0.5, 0.6) is 5.75 Å². The maximum atomic E-state index is 13.2. The monoisotopic (exact) mass is 510 g/mol. The summed E-state index contributed by atoms with van der Waals surface area (Å²) in [5.41, 5.74) is 2.58. The Morgan fingerprint density at radius 3 is 2.47 bits per heavy atom. The fourth-order valence-electron chi connectivity index (χ4n) is 7.15. The van der Waals surface area contributed by atoms with Crippen LogP contribution in [-0.4, -0.2) is 58.3 Å². The van der Waals surface area contributed by atoms with Crippen molar-refractivity contribution in [2.45, 2.75) is 68.7 Å². The Morgan fingerprint density at radius 1 is 0.974 bits per heavy atom. The fourth-order valence-corrected chi connectivity index (χ4v) is 7.15. The molecule has 0 aromatic heterocycles. The van der Waals surface area contributed by atoms with Gasteiger partial charge in [0.1, 0.15) is 17.4 Å². The van der Waals surface area contributed by atoms with Crippen molar-refractivity contribution < 1.29 is 19.1 Å². The highest BCUT2D eigenvalue weighted by atomic mass is 16.5. The number of carbonyl (C=O) groups excluding carboxylic acids is 3. The third-order valence-corrected chi connectivity index (χ3v) is 9.44. The number of amides is 3. The Balaban J connectivity index is 1.03. The molecule has 2 aromatic rings. The van der Waals surface area contributed by atoms with Crippen molar-refractivity contribution in [1.82, 2.24) is 15.1 Å². The van der Waals surface area contributed by atoms with Crippen LogP contribution in [0.3, 0.4) is 0 Å². The van der Waals surface area contributed by atoms with Crippen LogP contribution in [0.2, 0.25) is 0 Å². The van der Waals surface area contributed by atoms with Crippen LogP contribution in [0.15, 0.2) is 42.5 Å². The van der Waals surface area contributed by atoms with Crippen molar-refractivity contribution in [2.75, 3.05) is 13.1 Å². The Labute approximate surface area is 221 Å².